The van der Waals surface area contributed by atoms with Gasteiger partial charge in [0.15, 0.2) is 0 Å². The van der Waals surface area contributed by atoms with E-state index in [1.165, 1.54) is 6.92 Å². The molecular formula is C20H17N3O4. The topological polar surface area (TPSA) is 81.0 Å². The lowest BCUT2D eigenvalue weighted by Crippen LogP contribution is -2.43. The molecule has 2 aromatic heterocycles. The number of esters is 1. The molecule has 136 valence electrons. The molecule has 0 saturated heterocycles. The van der Waals surface area contributed by atoms with Crippen LogP contribution in [0.25, 0.3) is 5.65 Å². The van der Waals surface area contributed by atoms with Crippen molar-refractivity contribution in [2.75, 3.05) is 0 Å². The minimum Gasteiger partial charge on any atom is -0.458 e. The zero-order valence-corrected chi connectivity index (χ0v) is 14.9. The maximum Gasteiger partial charge on any atom is 0.329 e. The van der Waals surface area contributed by atoms with Crippen LogP contribution in [0.15, 0.2) is 48.8 Å². The van der Waals surface area contributed by atoms with Gasteiger partial charge < -0.3 is 9.14 Å². The molecule has 1 aromatic carbocycles. The first kappa shape index (κ1) is 17.0. The fourth-order valence-electron chi connectivity index (χ4n) is 3.20. The highest BCUT2D eigenvalue weighted by Gasteiger charge is 2.41. The van der Waals surface area contributed by atoms with E-state index in [2.05, 4.69) is 4.98 Å². The van der Waals surface area contributed by atoms with Crippen molar-refractivity contribution >= 4 is 23.4 Å². The van der Waals surface area contributed by atoms with Crippen molar-refractivity contribution < 1.29 is 19.1 Å². The fourth-order valence-corrected chi connectivity index (χ4v) is 3.20. The van der Waals surface area contributed by atoms with Crippen LogP contribution in [0.3, 0.4) is 0 Å². The number of carbonyl (C=O) groups excluding carboxylic acids is 3. The SMILES string of the molecule is Cc1cccn2cc(COC(=O)[C@H](C)N3C(=O)c4ccccc4C3=O)nc12. The van der Waals surface area contributed by atoms with Gasteiger partial charge in [-0.1, -0.05) is 18.2 Å². The molecule has 0 spiro atoms. The smallest absolute Gasteiger partial charge is 0.329 e. The van der Waals surface area contributed by atoms with E-state index in [0.717, 1.165) is 16.1 Å². The Balaban J connectivity index is 1.47. The van der Waals surface area contributed by atoms with Crippen LogP contribution in [-0.4, -0.2) is 38.1 Å². The quantitative estimate of drug-likeness (QED) is 0.525. The Morgan fingerprint density at radius 3 is 2.41 bits per heavy atom. The number of nitrogens with zero attached hydrogens (tertiary/aromatic N) is 3. The number of benzene rings is 1. The minimum atomic E-state index is -1.02. The van der Waals surface area contributed by atoms with Crippen molar-refractivity contribution in [3.05, 3.63) is 71.2 Å². The van der Waals surface area contributed by atoms with E-state index >= 15 is 0 Å². The molecule has 0 bridgehead atoms. The van der Waals surface area contributed by atoms with Gasteiger partial charge in [-0.15, -0.1) is 0 Å². The Kier molecular flexibility index (Phi) is 3.99. The number of rotatable bonds is 4. The van der Waals surface area contributed by atoms with Gasteiger partial charge in [0, 0.05) is 12.4 Å². The first-order valence-electron chi connectivity index (χ1n) is 8.54. The van der Waals surface area contributed by atoms with E-state index in [0.29, 0.717) is 16.8 Å². The zero-order valence-electron chi connectivity index (χ0n) is 14.9. The Morgan fingerprint density at radius 2 is 1.78 bits per heavy atom. The highest BCUT2D eigenvalue weighted by molar-refractivity contribution is 6.22. The standard InChI is InChI=1S/C20H17N3O4/c1-12-6-5-9-22-10-14(21-17(12)22)11-27-20(26)13(2)23-18(24)15-7-3-4-8-16(15)19(23)25/h3-10,13H,11H2,1-2H3/t13-/m0/s1. The predicted octanol–water partition coefficient (Wildman–Crippen LogP) is 2.37. The number of hydrogen-bond acceptors (Lipinski definition) is 5. The highest BCUT2D eigenvalue weighted by Crippen LogP contribution is 2.25. The molecule has 7 nitrogen and oxygen atoms in total. The molecule has 1 aliphatic rings. The molecular weight excluding hydrogens is 346 g/mol. The molecule has 2 amide bonds. The summed E-state index contributed by atoms with van der Waals surface area (Å²) in [6.45, 7) is 3.40. The maximum atomic E-state index is 12.5. The van der Waals surface area contributed by atoms with E-state index in [1.54, 1.807) is 30.5 Å². The number of hydrogen-bond donors (Lipinski definition) is 0. The lowest BCUT2D eigenvalue weighted by atomic mass is 10.1. The third-order valence-corrected chi connectivity index (χ3v) is 4.64. The number of carbonyl (C=O) groups is 3. The van der Waals surface area contributed by atoms with E-state index < -0.39 is 23.8 Å². The van der Waals surface area contributed by atoms with Gasteiger partial charge in [-0.05, 0) is 37.6 Å². The minimum absolute atomic E-state index is 0.0343. The largest absolute Gasteiger partial charge is 0.458 e. The lowest BCUT2D eigenvalue weighted by molar-refractivity contribution is -0.149. The molecule has 1 atom stereocenters. The van der Waals surface area contributed by atoms with Gasteiger partial charge in [-0.3, -0.25) is 14.5 Å². The summed E-state index contributed by atoms with van der Waals surface area (Å²) < 4.78 is 7.16. The van der Waals surface area contributed by atoms with Crippen molar-refractivity contribution in [2.45, 2.75) is 26.5 Å². The third kappa shape index (κ3) is 2.77. The molecule has 4 rings (SSSR count). The number of fused-ring (bicyclic) bond motifs is 2. The second-order valence-corrected chi connectivity index (χ2v) is 6.46. The Bertz CT molecular complexity index is 1050. The molecule has 0 N–H and O–H groups in total. The van der Waals surface area contributed by atoms with Crippen LogP contribution < -0.4 is 0 Å². The summed E-state index contributed by atoms with van der Waals surface area (Å²) in [5, 5.41) is 0. The van der Waals surface area contributed by atoms with Crippen molar-refractivity contribution in [3.63, 3.8) is 0 Å². The second-order valence-electron chi connectivity index (χ2n) is 6.46. The van der Waals surface area contributed by atoms with Crippen LogP contribution in [0, 0.1) is 6.92 Å². The van der Waals surface area contributed by atoms with Crippen molar-refractivity contribution in [2.24, 2.45) is 0 Å². The predicted molar refractivity (Wildman–Crippen MR) is 96.1 cm³/mol. The molecule has 3 heterocycles. The van der Waals surface area contributed by atoms with Gasteiger partial charge in [0.2, 0.25) is 0 Å². The molecule has 0 aliphatic carbocycles. The lowest BCUT2D eigenvalue weighted by Gasteiger charge is -2.20. The van der Waals surface area contributed by atoms with Gasteiger partial charge in [0.1, 0.15) is 18.3 Å². The summed E-state index contributed by atoms with van der Waals surface area (Å²) in [4.78, 5) is 42.7. The fraction of sp³-hybridized carbons (Fsp3) is 0.200. The monoisotopic (exact) mass is 363 g/mol. The first-order valence-corrected chi connectivity index (χ1v) is 8.54. The van der Waals surface area contributed by atoms with Crippen LogP contribution in [0.5, 0.6) is 0 Å². The average molecular weight is 363 g/mol. The van der Waals surface area contributed by atoms with Gasteiger partial charge in [-0.25, -0.2) is 9.78 Å². The Morgan fingerprint density at radius 1 is 1.11 bits per heavy atom. The number of pyridine rings is 1. The highest BCUT2D eigenvalue weighted by atomic mass is 16.5. The van der Waals surface area contributed by atoms with Gasteiger partial charge in [0.05, 0.1) is 16.8 Å². The first-order chi connectivity index (χ1) is 13.0. The Hall–Kier alpha value is -3.48. The summed E-state index contributed by atoms with van der Waals surface area (Å²) >= 11 is 0. The summed E-state index contributed by atoms with van der Waals surface area (Å²) in [6, 6.07) is 9.35. The van der Waals surface area contributed by atoms with Crippen molar-refractivity contribution in [1.82, 2.24) is 14.3 Å². The molecule has 1 aliphatic heterocycles. The van der Waals surface area contributed by atoms with E-state index in [1.807, 2.05) is 29.7 Å². The van der Waals surface area contributed by atoms with E-state index in [4.69, 9.17) is 4.74 Å². The van der Waals surface area contributed by atoms with Crippen LogP contribution in [0.2, 0.25) is 0 Å². The van der Waals surface area contributed by atoms with Crippen LogP contribution >= 0.6 is 0 Å². The normalized spacial score (nSPS) is 14.5. The number of amides is 2. The van der Waals surface area contributed by atoms with Crippen molar-refractivity contribution in [3.8, 4) is 0 Å². The maximum absolute atomic E-state index is 12.5. The third-order valence-electron chi connectivity index (χ3n) is 4.64. The molecule has 0 saturated carbocycles. The molecule has 3 aromatic rings. The van der Waals surface area contributed by atoms with Gasteiger partial charge >= 0.3 is 5.97 Å². The van der Waals surface area contributed by atoms with E-state index in [9.17, 15) is 14.4 Å². The van der Waals surface area contributed by atoms with Crippen molar-refractivity contribution in [1.29, 1.82) is 0 Å². The van der Waals surface area contributed by atoms with Crippen LogP contribution in [-0.2, 0) is 16.1 Å². The summed E-state index contributed by atoms with van der Waals surface area (Å²) in [7, 11) is 0. The summed E-state index contributed by atoms with van der Waals surface area (Å²) in [5.74, 6) is -1.62. The molecule has 7 heteroatoms. The second kappa shape index (κ2) is 6.35. The molecule has 27 heavy (non-hydrogen) atoms. The van der Waals surface area contributed by atoms with Crippen LogP contribution in [0.1, 0.15) is 38.9 Å². The number of aromatic nitrogens is 2. The molecule has 0 radical (unpaired) electrons. The average Bonchev–Trinajstić information content (AvgIpc) is 3.20. The number of imidazole rings is 1. The summed E-state index contributed by atoms with van der Waals surface area (Å²) in [6.07, 6.45) is 3.64. The van der Waals surface area contributed by atoms with Crippen LogP contribution in [0.4, 0.5) is 0 Å². The zero-order chi connectivity index (χ0) is 19.1. The van der Waals surface area contributed by atoms with E-state index in [-0.39, 0.29) is 6.61 Å². The number of aryl methyl sites for hydroxylation is 1. The van der Waals surface area contributed by atoms with Gasteiger partial charge in [-0.2, -0.15) is 0 Å². The molecule has 0 fully saturated rings. The Labute approximate surface area is 155 Å². The number of ether oxygens (including phenoxy) is 1. The van der Waals surface area contributed by atoms with Gasteiger partial charge in [0.25, 0.3) is 11.8 Å². The number of imide groups is 1. The molecule has 0 unspecified atom stereocenters. The summed E-state index contributed by atoms with van der Waals surface area (Å²) in [5.41, 5.74) is 2.99.